The van der Waals surface area contributed by atoms with E-state index in [0.717, 1.165) is 83.5 Å². The van der Waals surface area contributed by atoms with Crippen LogP contribution in [0.4, 0.5) is 0 Å². The standard InChI is InChI=1S/C68H125O11P/c1-4-7-10-13-16-19-22-25-28-30-32-34-37-40-43-46-49-52-55-58-67(71)78-64(60-69)62-76-80(73,74)77-63-65(61-75-66(70)57-54-51-48-45-42-39-36-27-24-21-18-15-12-9-6-3)79-68(72)59-56-53-50-47-44-41-38-35-33-31-29-26-23-20-17-14-11-8-5-2/h18,21,25-29,36,64-65,69H,4-17,19-20,22-24,30-35,37-63H2,1-3H3,(H,73,74)/b21-18-,28-25-,29-26-,36-27-. The minimum Gasteiger partial charge on any atom is -0.462 e. The summed E-state index contributed by atoms with van der Waals surface area (Å²) in [4.78, 5) is 48.8. The number of aliphatic hydroxyl groups excluding tert-OH is 1. The van der Waals surface area contributed by atoms with Crippen LogP contribution in [-0.2, 0) is 42.2 Å². The van der Waals surface area contributed by atoms with Gasteiger partial charge in [0.15, 0.2) is 6.10 Å². The van der Waals surface area contributed by atoms with Crippen LogP contribution in [0.1, 0.15) is 329 Å². The van der Waals surface area contributed by atoms with Crippen LogP contribution in [-0.4, -0.2) is 66.5 Å². The van der Waals surface area contributed by atoms with Crippen molar-refractivity contribution in [2.24, 2.45) is 0 Å². The molecule has 0 bridgehead atoms. The Hall–Kier alpha value is -2.56. The van der Waals surface area contributed by atoms with Gasteiger partial charge in [-0.15, -0.1) is 0 Å². The lowest BCUT2D eigenvalue weighted by atomic mass is 10.1. The minimum absolute atomic E-state index is 0.164. The molecule has 11 nitrogen and oxygen atoms in total. The summed E-state index contributed by atoms with van der Waals surface area (Å²) in [5.41, 5.74) is 0. The van der Waals surface area contributed by atoms with E-state index in [9.17, 15) is 28.9 Å². The molecule has 0 fully saturated rings. The van der Waals surface area contributed by atoms with E-state index in [1.807, 2.05) is 0 Å². The molecule has 3 atom stereocenters. The fourth-order valence-corrected chi connectivity index (χ4v) is 10.3. The predicted molar refractivity (Wildman–Crippen MR) is 335 cm³/mol. The summed E-state index contributed by atoms with van der Waals surface area (Å²) in [6.07, 6.45) is 69.1. The molecule has 0 rings (SSSR count). The van der Waals surface area contributed by atoms with Crippen LogP contribution < -0.4 is 0 Å². The molecule has 80 heavy (non-hydrogen) atoms. The molecule has 0 aromatic carbocycles. The summed E-state index contributed by atoms with van der Waals surface area (Å²) in [6.45, 7) is 4.66. The van der Waals surface area contributed by atoms with E-state index in [1.54, 1.807) is 0 Å². The lowest BCUT2D eigenvalue weighted by Crippen LogP contribution is -2.30. The van der Waals surface area contributed by atoms with Gasteiger partial charge in [0.1, 0.15) is 12.7 Å². The number of carbonyl (C=O) groups excluding carboxylic acids is 3. The fraction of sp³-hybridized carbons (Fsp3) is 0.838. The van der Waals surface area contributed by atoms with Gasteiger partial charge in [-0.3, -0.25) is 23.4 Å². The van der Waals surface area contributed by atoms with Gasteiger partial charge in [-0.05, 0) is 103 Å². The number of ether oxygens (including phenoxy) is 3. The molecule has 2 N–H and O–H groups in total. The van der Waals surface area contributed by atoms with E-state index >= 15 is 0 Å². The second kappa shape index (κ2) is 62.5. The maximum atomic E-state index is 13.0. The summed E-state index contributed by atoms with van der Waals surface area (Å²) >= 11 is 0. The third kappa shape index (κ3) is 60.0. The van der Waals surface area contributed by atoms with Crippen molar-refractivity contribution in [3.05, 3.63) is 48.6 Å². The number of aliphatic hydroxyl groups is 1. The van der Waals surface area contributed by atoms with Gasteiger partial charge in [-0.25, -0.2) is 4.57 Å². The average Bonchev–Trinajstić information content (AvgIpc) is 3.45. The normalized spacial score (nSPS) is 13.5. The Balaban J connectivity index is 4.65. The minimum atomic E-state index is -4.76. The molecule has 0 aromatic heterocycles. The van der Waals surface area contributed by atoms with Gasteiger partial charge in [0.2, 0.25) is 0 Å². The predicted octanol–water partition coefficient (Wildman–Crippen LogP) is 20.5. The zero-order chi connectivity index (χ0) is 58.3. The van der Waals surface area contributed by atoms with E-state index in [0.29, 0.717) is 19.3 Å². The Morgan fingerprint density at radius 3 is 0.963 bits per heavy atom. The van der Waals surface area contributed by atoms with Crippen LogP contribution in [0.5, 0.6) is 0 Å². The smallest absolute Gasteiger partial charge is 0.462 e. The summed E-state index contributed by atoms with van der Waals surface area (Å²) in [5.74, 6) is -1.46. The lowest BCUT2D eigenvalue weighted by molar-refractivity contribution is -0.161. The first-order valence-electron chi connectivity index (χ1n) is 33.5. The molecule has 0 saturated carbocycles. The van der Waals surface area contributed by atoms with Gasteiger partial charge in [0.05, 0.1) is 19.8 Å². The van der Waals surface area contributed by atoms with Crippen LogP contribution in [0, 0.1) is 0 Å². The van der Waals surface area contributed by atoms with Gasteiger partial charge in [-0.2, -0.15) is 0 Å². The highest BCUT2D eigenvalue weighted by molar-refractivity contribution is 7.47. The van der Waals surface area contributed by atoms with Crippen molar-refractivity contribution in [2.75, 3.05) is 26.4 Å². The highest BCUT2D eigenvalue weighted by atomic mass is 31.2. The van der Waals surface area contributed by atoms with E-state index in [4.69, 9.17) is 23.3 Å². The number of unbranched alkanes of at least 4 members (excludes halogenated alkanes) is 38. The molecule has 0 aromatic rings. The van der Waals surface area contributed by atoms with Crippen LogP contribution >= 0.6 is 7.82 Å². The maximum Gasteiger partial charge on any atom is 0.472 e. The van der Waals surface area contributed by atoms with Crippen molar-refractivity contribution >= 4 is 25.7 Å². The number of phosphoric ester groups is 1. The zero-order valence-corrected chi connectivity index (χ0v) is 53.0. The van der Waals surface area contributed by atoms with Crippen molar-refractivity contribution < 1.29 is 52.2 Å². The quantitative estimate of drug-likeness (QED) is 0.0197. The van der Waals surface area contributed by atoms with E-state index in [-0.39, 0.29) is 25.9 Å². The Morgan fingerprint density at radius 2 is 0.613 bits per heavy atom. The van der Waals surface area contributed by atoms with Crippen molar-refractivity contribution in [1.82, 2.24) is 0 Å². The van der Waals surface area contributed by atoms with Crippen LogP contribution in [0.25, 0.3) is 0 Å². The largest absolute Gasteiger partial charge is 0.472 e. The van der Waals surface area contributed by atoms with Gasteiger partial charge in [0, 0.05) is 19.3 Å². The van der Waals surface area contributed by atoms with Gasteiger partial charge in [-0.1, -0.05) is 256 Å². The molecule has 0 radical (unpaired) electrons. The number of phosphoric acid groups is 1. The Kier molecular flexibility index (Phi) is 60.5. The Labute approximate surface area is 492 Å². The molecule has 0 heterocycles. The molecule has 12 heteroatoms. The zero-order valence-electron chi connectivity index (χ0n) is 52.1. The maximum absolute atomic E-state index is 13.0. The van der Waals surface area contributed by atoms with Crippen molar-refractivity contribution in [3.63, 3.8) is 0 Å². The monoisotopic (exact) mass is 1150 g/mol. The first-order valence-corrected chi connectivity index (χ1v) is 35.0. The van der Waals surface area contributed by atoms with Gasteiger partial charge in [0.25, 0.3) is 0 Å². The van der Waals surface area contributed by atoms with Crippen molar-refractivity contribution in [3.8, 4) is 0 Å². The van der Waals surface area contributed by atoms with E-state index in [2.05, 4.69) is 69.4 Å². The first-order chi connectivity index (χ1) is 39.2. The molecule has 468 valence electrons. The molecule has 0 saturated heterocycles. The molecule has 0 amide bonds. The third-order valence-corrected chi connectivity index (χ3v) is 15.6. The molecular formula is C68H125O11P. The molecule has 0 aliphatic heterocycles. The number of hydrogen-bond acceptors (Lipinski definition) is 10. The van der Waals surface area contributed by atoms with Crippen molar-refractivity contribution in [2.45, 2.75) is 341 Å². The highest BCUT2D eigenvalue weighted by Gasteiger charge is 2.28. The molecule has 3 unspecified atom stereocenters. The van der Waals surface area contributed by atoms with Crippen LogP contribution in [0.3, 0.4) is 0 Å². The van der Waals surface area contributed by atoms with Crippen LogP contribution in [0.2, 0.25) is 0 Å². The van der Waals surface area contributed by atoms with Crippen LogP contribution in [0.15, 0.2) is 48.6 Å². The van der Waals surface area contributed by atoms with Gasteiger partial charge < -0.3 is 24.2 Å². The SMILES string of the molecule is CCCCC/C=C\C/C=C\CCCCCCCC(=O)OCC(COP(=O)(O)OCC(CO)OC(=O)CCCCCCCCCCC/C=C\CCCCCCCC)OC(=O)CCCCCCCCCCC/C=C\CCCCCCCC. The summed E-state index contributed by atoms with van der Waals surface area (Å²) in [6, 6.07) is 0. The van der Waals surface area contributed by atoms with Crippen molar-refractivity contribution in [1.29, 1.82) is 0 Å². The fourth-order valence-electron chi connectivity index (χ4n) is 9.55. The number of esters is 3. The molecule has 0 aliphatic rings. The number of hydrogen-bond donors (Lipinski definition) is 2. The summed E-state index contributed by atoms with van der Waals surface area (Å²) in [5, 5.41) is 9.87. The summed E-state index contributed by atoms with van der Waals surface area (Å²) < 4.78 is 39.7. The Bertz CT molecular complexity index is 1530. The number of rotatable bonds is 63. The Morgan fingerprint density at radius 1 is 0.350 bits per heavy atom. The lowest BCUT2D eigenvalue weighted by Gasteiger charge is -2.21. The topological polar surface area (TPSA) is 155 Å². The second-order valence-electron chi connectivity index (χ2n) is 22.6. The van der Waals surface area contributed by atoms with E-state index < -0.39 is 57.8 Å². The van der Waals surface area contributed by atoms with E-state index in [1.165, 1.54) is 186 Å². The number of allylic oxidation sites excluding steroid dienone is 8. The first kappa shape index (κ1) is 77.4. The second-order valence-corrected chi connectivity index (χ2v) is 24.1. The molecule has 0 aliphatic carbocycles. The third-order valence-electron chi connectivity index (χ3n) is 14.7. The number of carbonyl (C=O) groups is 3. The molecule has 0 spiro atoms. The molecular weight excluding hydrogens is 1020 g/mol. The average molecular weight is 1150 g/mol. The highest BCUT2D eigenvalue weighted by Crippen LogP contribution is 2.43. The van der Waals surface area contributed by atoms with Gasteiger partial charge >= 0.3 is 25.7 Å². The summed E-state index contributed by atoms with van der Waals surface area (Å²) in [7, 11) is -4.76.